The van der Waals surface area contributed by atoms with E-state index in [-0.39, 0.29) is 5.57 Å². The van der Waals surface area contributed by atoms with Crippen molar-refractivity contribution in [3.8, 4) is 0 Å². The Hall–Kier alpha value is -1.21. The Kier molecular flexibility index (Phi) is 4.01. The van der Waals surface area contributed by atoms with Gasteiger partial charge < -0.3 is 25.2 Å². The van der Waals surface area contributed by atoms with Gasteiger partial charge >= 0.3 is 5.97 Å². The van der Waals surface area contributed by atoms with Gasteiger partial charge in [-0.15, -0.1) is 0 Å². The Balaban J connectivity index is 2.35. The molecule has 2 bridgehead atoms. The van der Waals surface area contributed by atoms with Crippen molar-refractivity contribution in [2.45, 2.75) is 44.0 Å². The van der Waals surface area contributed by atoms with Crippen LogP contribution in [0.15, 0.2) is 23.8 Å². The van der Waals surface area contributed by atoms with E-state index in [0.29, 0.717) is 19.4 Å². The smallest absolute Gasteiger partial charge is 0.328 e. The van der Waals surface area contributed by atoms with Crippen molar-refractivity contribution < 1.29 is 30.0 Å². The van der Waals surface area contributed by atoms with Crippen molar-refractivity contribution in [1.29, 1.82) is 0 Å². The predicted octanol–water partition coefficient (Wildman–Crippen LogP) is 0.227. The molecule has 1 heterocycles. The van der Waals surface area contributed by atoms with Gasteiger partial charge in [0.15, 0.2) is 0 Å². The van der Waals surface area contributed by atoms with E-state index in [1.54, 1.807) is 6.92 Å². The van der Waals surface area contributed by atoms with Gasteiger partial charge in [-0.25, -0.2) is 4.79 Å². The monoisotopic (exact) mass is 298 g/mol. The van der Waals surface area contributed by atoms with E-state index < -0.39 is 35.3 Å². The van der Waals surface area contributed by atoms with Crippen LogP contribution in [-0.4, -0.2) is 56.9 Å². The normalized spacial score (nSPS) is 43.5. The summed E-state index contributed by atoms with van der Waals surface area (Å²) in [6, 6.07) is 0. The van der Waals surface area contributed by atoms with E-state index in [0.717, 1.165) is 6.08 Å². The number of carboxylic acid groups (broad SMARTS) is 1. The van der Waals surface area contributed by atoms with Crippen LogP contribution in [0.5, 0.6) is 0 Å². The van der Waals surface area contributed by atoms with E-state index in [2.05, 4.69) is 0 Å². The molecule has 1 saturated carbocycles. The first-order valence-electron chi connectivity index (χ1n) is 6.94. The molecule has 4 atom stereocenters. The van der Waals surface area contributed by atoms with Crippen LogP contribution < -0.4 is 0 Å². The largest absolute Gasteiger partial charge is 0.478 e. The summed E-state index contributed by atoms with van der Waals surface area (Å²) in [5, 5.41) is 39.0. The molecule has 2 aliphatic rings. The lowest BCUT2D eigenvalue weighted by atomic mass is 9.59. The molecule has 6 nitrogen and oxygen atoms in total. The number of fused-ring (bicyclic) bond motifs is 2. The van der Waals surface area contributed by atoms with Gasteiger partial charge in [0.1, 0.15) is 11.2 Å². The van der Waals surface area contributed by atoms with Crippen LogP contribution in [0.3, 0.4) is 0 Å². The summed E-state index contributed by atoms with van der Waals surface area (Å²) in [6.07, 6.45) is 3.97. The van der Waals surface area contributed by atoms with E-state index in [9.17, 15) is 20.1 Å². The number of hydrogen-bond acceptors (Lipinski definition) is 5. The first kappa shape index (κ1) is 16.2. The van der Waals surface area contributed by atoms with Crippen molar-refractivity contribution >= 4 is 5.97 Å². The topological polar surface area (TPSA) is 107 Å². The third-order valence-corrected chi connectivity index (χ3v) is 4.78. The average Bonchev–Trinajstić information content (AvgIpc) is 2.49. The highest BCUT2D eigenvalue weighted by Crippen LogP contribution is 2.57. The van der Waals surface area contributed by atoms with Crippen LogP contribution >= 0.6 is 0 Å². The Morgan fingerprint density at radius 1 is 1.38 bits per heavy atom. The quantitative estimate of drug-likeness (QED) is 0.437. The van der Waals surface area contributed by atoms with E-state index >= 15 is 0 Å². The highest BCUT2D eigenvalue weighted by atomic mass is 16.5. The fourth-order valence-electron chi connectivity index (χ4n) is 3.56. The van der Waals surface area contributed by atoms with Crippen molar-refractivity contribution in [3.05, 3.63) is 23.8 Å². The van der Waals surface area contributed by atoms with Gasteiger partial charge in [-0.3, -0.25) is 0 Å². The fraction of sp³-hybridized carbons (Fsp3) is 0.667. The first-order valence-corrected chi connectivity index (χ1v) is 6.94. The minimum Gasteiger partial charge on any atom is -0.478 e. The van der Waals surface area contributed by atoms with Crippen LogP contribution in [-0.2, 0) is 9.53 Å². The summed E-state index contributed by atoms with van der Waals surface area (Å²) >= 11 is 0. The molecule has 4 N–H and O–H groups in total. The lowest BCUT2D eigenvalue weighted by Crippen LogP contribution is -2.61. The Morgan fingerprint density at radius 3 is 2.57 bits per heavy atom. The fourth-order valence-corrected chi connectivity index (χ4v) is 3.56. The molecule has 21 heavy (non-hydrogen) atoms. The van der Waals surface area contributed by atoms with Crippen LogP contribution in [0.25, 0.3) is 0 Å². The van der Waals surface area contributed by atoms with E-state index in [4.69, 9.17) is 9.84 Å². The number of aliphatic hydroxyl groups excluding tert-OH is 2. The van der Waals surface area contributed by atoms with Crippen molar-refractivity contribution in [3.63, 3.8) is 0 Å². The molecule has 0 spiro atoms. The molecule has 2 fully saturated rings. The molecular formula is C15H22O6. The summed E-state index contributed by atoms with van der Waals surface area (Å²) in [4.78, 5) is 10.7. The van der Waals surface area contributed by atoms with E-state index in [1.807, 2.05) is 6.92 Å². The van der Waals surface area contributed by atoms with Gasteiger partial charge in [0.05, 0.1) is 19.3 Å². The summed E-state index contributed by atoms with van der Waals surface area (Å²) in [5.74, 6) is -1.16. The molecule has 1 aliphatic heterocycles. The lowest BCUT2D eigenvalue weighted by molar-refractivity contribution is -0.150. The molecule has 6 heteroatoms. The summed E-state index contributed by atoms with van der Waals surface area (Å²) in [5.41, 5.74) is -2.72. The maximum absolute atomic E-state index is 11.1. The molecule has 0 amide bonds. The minimum absolute atomic E-state index is 0.189. The maximum Gasteiger partial charge on any atom is 0.328 e. The number of hydrogen-bond donors (Lipinski definition) is 4. The van der Waals surface area contributed by atoms with Crippen LogP contribution in [0, 0.1) is 5.41 Å². The Bertz CT molecular complexity index is 476. The molecule has 118 valence electrons. The van der Waals surface area contributed by atoms with Gasteiger partial charge in [-0.2, -0.15) is 0 Å². The number of aliphatic carboxylic acids is 1. The molecular weight excluding hydrogens is 276 g/mol. The summed E-state index contributed by atoms with van der Waals surface area (Å²) < 4.78 is 5.74. The van der Waals surface area contributed by atoms with Gasteiger partial charge in [-0.1, -0.05) is 13.0 Å². The number of ether oxygens (including phenoxy) is 1. The number of carbonyl (C=O) groups is 1. The number of carboxylic acids is 1. The SMILES string of the molecule is C[C@]12CO[C@@](C)(C[C@@H](O)C1)[C@]2(O)C=CC(=CC(=O)O)CO. The molecule has 0 aromatic heterocycles. The average molecular weight is 298 g/mol. The van der Waals surface area contributed by atoms with Crippen LogP contribution in [0.2, 0.25) is 0 Å². The maximum atomic E-state index is 11.1. The van der Waals surface area contributed by atoms with Gasteiger partial charge in [0, 0.05) is 17.9 Å². The molecule has 0 unspecified atom stereocenters. The second kappa shape index (κ2) is 5.21. The second-order valence-corrected chi connectivity index (χ2v) is 6.46. The molecule has 0 aromatic carbocycles. The molecule has 0 aromatic rings. The standard InChI is InChI=1S/C15H22O6/c1-13-6-11(17)7-14(2,21-9-13)15(13,20)4-3-10(8-16)5-12(18)19/h3-5,11,16-17,20H,6-9H2,1-2H3,(H,18,19)/t11-,13+,14-,15-/m0/s1. The number of aliphatic hydroxyl groups is 3. The Morgan fingerprint density at radius 2 is 2.05 bits per heavy atom. The second-order valence-electron chi connectivity index (χ2n) is 6.46. The van der Waals surface area contributed by atoms with Gasteiger partial charge in [0.2, 0.25) is 0 Å². The van der Waals surface area contributed by atoms with Crippen molar-refractivity contribution in [1.82, 2.24) is 0 Å². The third kappa shape index (κ3) is 2.53. The highest BCUT2D eigenvalue weighted by molar-refractivity contribution is 5.81. The summed E-state index contributed by atoms with van der Waals surface area (Å²) in [7, 11) is 0. The first-order chi connectivity index (χ1) is 9.66. The zero-order chi connectivity index (χ0) is 15.9. The molecule has 2 rings (SSSR count). The van der Waals surface area contributed by atoms with Crippen molar-refractivity contribution in [2.24, 2.45) is 5.41 Å². The predicted molar refractivity (Wildman–Crippen MR) is 74.6 cm³/mol. The zero-order valence-corrected chi connectivity index (χ0v) is 12.2. The van der Waals surface area contributed by atoms with Crippen LogP contribution in [0.4, 0.5) is 0 Å². The van der Waals surface area contributed by atoms with Gasteiger partial charge in [0.25, 0.3) is 0 Å². The highest BCUT2D eigenvalue weighted by Gasteiger charge is 2.67. The Labute approximate surface area is 123 Å². The molecule has 1 saturated heterocycles. The van der Waals surface area contributed by atoms with E-state index in [1.165, 1.54) is 12.2 Å². The summed E-state index contributed by atoms with van der Waals surface area (Å²) in [6.45, 7) is 3.46. The van der Waals surface area contributed by atoms with Crippen molar-refractivity contribution in [2.75, 3.05) is 13.2 Å². The zero-order valence-electron chi connectivity index (χ0n) is 12.2. The minimum atomic E-state index is -1.33. The number of rotatable bonds is 4. The molecule has 1 aliphatic carbocycles. The third-order valence-electron chi connectivity index (χ3n) is 4.78. The molecule has 0 radical (unpaired) electrons. The van der Waals surface area contributed by atoms with Gasteiger partial charge in [-0.05, 0) is 25.0 Å². The van der Waals surface area contributed by atoms with Crippen LogP contribution in [0.1, 0.15) is 26.7 Å². The lowest BCUT2D eigenvalue weighted by Gasteiger charge is -2.49.